The van der Waals surface area contributed by atoms with Crippen molar-refractivity contribution in [2.45, 2.75) is 6.42 Å². The minimum atomic E-state index is 0.138. The quantitative estimate of drug-likeness (QED) is 0.784. The van der Waals surface area contributed by atoms with Crippen molar-refractivity contribution in [1.82, 2.24) is 10.1 Å². The Kier molecular flexibility index (Phi) is 2.33. The highest BCUT2D eigenvalue weighted by Gasteiger charge is 2.04. The average molecular weight is 200 g/mol. The smallest absolute Gasteiger partial charge is 0.260 e. The third kappa shape index (κ3) is 2.11. The van der Waals surface area contributed by atoms with E-state index in [2.05, 4.69) is 16.2 Å². The summed E-state index contributed by atoms with van der Waals surface area (Å²) < 4.78 is 4.87. The first-order valence-corrected chi connectivity index (χ1v) is 4.35. The lowest BCUT2D eigenvalue weighted by Crippen LogP contribution is -1.90. The van der Waals surface area contributed by atoms with Crippen LogP contribution in [0.4, 0.5) is 5.95 Å². The van der Waals surface area contributed by atoms with Gasteiger partial charge in [-0.05, 0) is 22.9 Å². The fourth-order valence-corrected chi connectivity index (χ4v) is 1.21. The summed E-state index contributed by atoms with van der Waals surface area (Å²) in [6.07, 6.45) is 0.524. The van der Waals surface area contributed by atoms with E-state index < -0.39 is 0 Å². The number of aromatic nitrogens is 2. The molecule has 0 fully saturated rings. The first-order valence-electron chi connectivity index (χ1n) is 4.35. The second kappa shape index (κ2) is 3.80. The molecule has 74 valence electrons. The molecule has 5 nitrogen and oxygen atoms in total. The average Bonchev–Trinajstić information content (AvgIpc) is 2.65. The number of nitrogens with zero attached hydrogens (tertiary/aromatic N) is 3. The summed E-state index contributed by atoms with van der Waals surface area (Å²) in [6.45, 7) is 0. The van der Waals surface area contributed by atoms with Gasteiger partial charge in [-0.2, -0.15) is 10.2 Å². The predicted molar refractivity (Wildman–Crippen MR) is 52.7 cm³/mol. The summed E-state index contributed by atoms with van der Waals surface area (Å²) >= 11 is 0. The molecule has 1 aromatic carbocycles. The van der Waals surface area contributed by atoms with Crippen LogP contribution in [-0.2, 0) is 6.42 Å². The molecule has 0 radical (unpaired) electrons. The second-order valence-electron chi connectivity index (χ2n) is 3.03. The molecule has 0 atom stereocenters. The lowest BCUT2D eigenvalue weighted by Gasteiger charge is -1.95. The van der Waals surface area contributed by atoms with Crippen LogP contribution in [0.2, 0.25) is 0 Å². The topological polar surface area (TPSA) is 88.7 Å². The van der Waals surface area contributed by atoms with E-state index in [1.54, 1.807) is 12.1 Å². The molecule has 0 aliphatic carbocycles. The van der Waals surface area contributed by atoms with Gasteiger partial charge in [0, 0.05) is 0 Å². The van der Waals surface area contributed by atoms with Crippen molar-refractivity contribution in [2.24, 2.45) is 0 Å². The molecule has 0 amide bonds. The van der Waals surface area contributed by atoms with E-state index in [4.69, 9.17) is 15.5 Å². The first kappa shape index (κ1) is 9.21. The van der Waals surface area contributed by atoms with Crippen LogP contribution in [0.15, 0.2) is 28.8 Å². The Hall–Kier alpha value is -2.35. The minimum Gasteiger partial charge on any atom is -0.365 e. The van der Waals surface area contributed by atoms with E-state index in [-0.39, 0.29) is 5.95 Å². The highest BCUT2D eigenvalue weighted by atomic mass is 16.5. The molecule has 1 aromatic heterocycles. The van der Waals surface area contributed by atoms with Crippen molar-refractivity contribution in [1.29, 1.82) is 5.26 Å². The van der Waals surface area contributed by atoms with E-state index in [0.29, 0.717) is 17.9 Å². The molecule has 2 aromatic rings. The molecule has 15 heavy (non-hydrogen) atoms. The van der Waals surface area contributed by atoms with Gasteiger partial charge in [-0.3, -0.25) is 0 Å². The Bertz CT molecular complexity index is 495. The number of nitriles is 1. The van der Waals surface area contributed by atoms with E-state index in [1.165, 1.54) is 0 Å². The van der Waals surface area contributed by atoms with Gasteiger partial charge >= 0.3 is 0 Å². The number of rotatable bonds is 2. The molecule has 2 N–H and O–H groups in total. The normalized spacial score (nSPS) is 9.80. The number of benzene rings is 1. The molecule has 0 aliphatic rings. The van der Waals surface area contributed by atoms with Gasteiger partial charge in [-0.25, -0.2) is 0 Å². The molecule has 0 unspecified atom stereocenters. The lowest BCUT2D eigenvalue weighted by molar-refractivity contribution is 0.386. The van der Waals surface area contributed by atoms with Gasteiger partial charge in [0.15, 0.2) is 0 Å². The van der Waals surface area contributed by atoms with Gasteiger partial charge in [-0.1, -0.05) is 12.1 Å². The van der Waals surface area contributed by atoms with Crippen LogP contribution in [0.5, 0.6) is 0 Å². The number of nitrogen functional groups attached to an aromatic ring is 1. The molecular weight excluding hydrogens is 192 g/mol. The molecule has 0 saturated heterocycles. The van der Waals surface area contributed by atoms with E-state index in [0.717, 1.165) is 5.56 Å². The molecule has 0 spiro atoms. The number of nitrogens with two attached hydrogens (primary N) is 1. The third-order valence-corrected chi connectivity index (χ3v) is 1.92. The molecule has 5 heteroatoms. The summed E-state index contributed by atoms with van der Waals surface area (Å²) in [5.74, 6) is 0.607. The molecule has 0 bridgehead atoms. The fraction of sp³-hybridized carbons (Fsp3) is 0.100. The van der Waals surface area contributed by atoms with Crippen LogP contribution in [0.25, 0.3) is 0 Å². The zero-order chi connectivity index (χ0) is 10.7. The first-order chi connectivity index (χ1) is 7.28. The monoisotopic (exact) mass is 200 g/mol. The van der Waals surface area contributed by atoms with Gasteiger partial charge in [0.2, 0.25) is 5.89 Å². The maximum absolute atomic E-state index is 8.61. The zero-order valence-electron chi connectivity index (χ0n) is 7.84. The molecule has 2 rings (SSSR count). The van der Waals surface area contributed by atoms with Crippen molar-refractivity contribution >= 4 is 5.95 Å². The minimum absolute atomic E-state index is 0.138. The van der Waals surface area contributed by atoms with Crippen LogP contribution in [0.3, 0.4) is 0 Å². The van der Waals surface area contributed by atoms with Crippen molar-refractivity contribution in [2.75, 3.05) is 5.73 Å². The molecular formula is C10H8N4O. The standard InChI is InChI=1S/C10H8N4O/c11-6-8-3-1-7(2-4-8)5-9-13-10(12)14-15-9/h1-4H,5H2,(H2,12,14). The molecule has 0 saturated carbocycles. The van der Waals surface area contributed by atoms with Gasteiger partial charge in [0.1, 0.15) is 0 Å². The van der Waals surface area contributed by atoms with Crippen LogP contribution in [0, 0.1) is 11.3 Å². The maximum atomic E-state index is 8.61. The van der Waals surface area contributed by atoms with Gasteiger partial charge in [0.25, 0.3) is 5.95 Å². The Morgan fingerprint density at radius 1 is 1.33 bits per heavy atom. The Balaban J connectivity index is 2.15. The van der Waals surface area contributed by atoms with Crippen LogP contribution in [0.1, 0.15) is 17.0 Å². The maximum Gasteiger partial charge on any atom is 0.260 e. The van der Waals surface area contributed by atoms with Gasteiger partial charge < -0.3 is 10.3 Å². The SMILES string of the molecule is N#Cc1ccc(Cc2nc(N)no2)cc1. The summed E-state index contributed by atoms with van der Waals surface area (Å²) in [5.41, 5.74) is 6.95. The van der Waals surface area contributed by atoms with Crippen molar-refractivity contribution in [3.63, 3.8) is 0 Å². The molecule has 1 heterocycles. The van der Waals surface area contributed by atoms with Crippen LogP contribution >= 0.6 is 0 Å². The summed E-state index contributed by atoms with van der Waals surface area (Å²) in [7, 11) is 0. The van der Waals surface area contributed by atoms with Crippen molar-refractivity contribution in [3.8, 4) is 6.07 Å². The Morgan fingerprint density at radius 2 is 2.07 bits per heavy atom. The van der Waals surface area contributed by atoms with Gasteiger partial charge in [-0.15, -0.1) is 0 Å². The summed E-state index contributed by atoms with van der Waals surface area (Å²) in [6, 6.07) is 9.23. The van der Waals surface area contributed by atoms with Gasteiger partial charge in [0.05, 0.1) is 18.1 Å². The number of anilines is 1. The van der Waals surface area contributed by atoms with Crippen LogP contribution in [-0.4, -0.2) is 10.1 Å². The Labute approximate surface area is 86.1 Å². The van der Waals surface area contributed by atoms with Crippen molar-refractivity contribution < 1.29 is 4.52 Å². The predicted octanol–water partition coefficient (Wildman–Crippen LogP) is 1.11. The van der Waals surface area contributed by atoms with Crippen LogP contribution < -0.4 is 5.73 Å². The van der Waals surface area contributed by atoms with E-state index in [1.807, 2.05) is 12.1 Å². The van der Waals surface area contributed by atoms with E-state index in [9.17, 15) is 0 Å². The number of hydrogen-bond donors (Lipinski definition) is 1. The zero-order valence-corrected chi connectivity index (χ0v) is 7.84. The largest absolute Gasteiger partial charge is 0.365 e. The summed E-state index contributed by atoms with van der Waals surface area (Å²) in [5, 5.41) is 12.1. The number of hydrogen-bond acceptors (Lipinski definition) is 5. The van der Waals surface area contributed by atoms with E-state index >= 15 is 0 Å². The van der Waals surface area contributed by atoms with Crippen molar-refractivity contribution in [3.05, 3.63) is 41.3 Å². The second-order valence-corrected chi connectivity index (χ2v) is 3.03. The summed E-state index contributed by atoms with van der Waals surface area (Å²) in [4.78, 5) is 3.88. The lowest BCUT2D eigenvalue weighted by atomic mass is 10.1. The molecule has 0 aliphatic heterocycles. The third-order valence-electron chi connectivity index (χ3n) is 1.92. The highest BCUT2D eigenvalue weighted by molar-refractivity contribution is 5.32. The highest BCUT2D eigenvalue weighted by Crippen LogP contribution is 2.09. The Morgan fingerprint density at radius 3 is 2.60 bits per heavy atom. The fourth-order valence-electron chi connectivity index (χ4n) is 1.21.